The maximum absolute atomic E-state index is 4.48. The highest BCUT2D eigenvalue weighted by Gasteiger charge is 2.27. The van der Waals surface area contributed by atoms with Crippen LogP contribution in [0.15, 0.2) is 10.7 Å². The summed E-state index contributed by atoms with van der Waals surface area (Å²) >= 11 is 3.63. The quantitative estimate of drug-likeness (QED) is 0.836. The van der Waals surface area contributed by atoms with Crippen molar-refractivity contribution in [3.8, 4) is 0 Å². The molecule has 1 aromatic heterocycles. The Balaban J connectivity index is 2.88. The lowest BCUT2D eigenvalue weighted by atomic mass is 9.85. The van der Waals surface area contributed by atoms with Crippen molar-refractivity contribution in [3.05, 3.63) is 16.4 Å². The average molecular weight is 317 g/mol. The van der Waals surface area contributed by atoms with Crippen molar-refractivity contribution in [3.63, 3.8) is 0 Å². The van der Waals surface area contributed by atoms with Crippen LogP contribution in [0, 0.1) is 0 Å². The molecule has 0 aliphatic carbocycles. The van der Waals surface area contributed by atoms with E-state index >= 15 is 0 Å². The van der Waals surface area contributed by atoms with Crippen LogP contribution in [0.5, 0.6) is 0 Å². The van der Waals surface area contributed by atoms with Gasteiger partial charge in [0.05, 0.1) is 22.9 Å². The van der Waals surface area contributed by atoms with E-state index in [0.717, 1.165) is 30.5 Å². The van der Waals surface area contributed by atoms with Crippen molar-refractivity contribution in [2.45, 2.75) is 32.2 Å². The SMILES string of the molecule is CNCCC(C)(C)c1c(Br)cnn1CCN(C)C. The van der Waals surface area contributed by atoms with Gasteiger partial charge in [0.1, 0.15) is 0 Å². The van der Waals surface area contributed by atoms with Gasteiger partial charge in [0.15, 0.2) is 0 Å². The van der Waals surface area contributed by atoms with Crippen molar-refractivity contribution in [1.82, 2.24) is 20.0 Å². The van der Waals surface area contributed by atoms with Gasteiger partial charge >= 0.3 is 0 Å². The molecule has 5 heteroatoms. The highest BCUT2D eigenvalue weighted by Crippen LogP contribution is 2.32. The predicted octanol–water partition coefficient (Wildman–Crippen LogP) is 2.09. The average Bonchev–Trinajstić information content (AvgIpc) is 2.66. The smallest absolute Gasteiger partial charge is 0.0635 e. The molecule has 0 aliphatic heterocycles. The van der Waals surface area contributed by atoms with Gasteiger partial charge < -0.3 is 10.2 Å². The molecule has 1 N–H and O–H groups in total. The number of halogens is 1. The van der Waals surface area contributed by atoms with Gasteiger partial charge in [-0.3, -0.25) is 4.68 Å². The first-order valence-electron chi connectivity index (χ1n) is 6.39. The van der Waals surface area contributed by atoms with Gasteiger partial charge in [-0.05, 0) is 50.0 Å². The van der Waals surface area contributed by atoms with E-state index < -0.39 is 0 Å². The highest BCUT2D eigenvalue weighted by molar-refractivity contribution is 9.10. The number of hydrogen-bond donors (Lipinski definition) is 1. The summed E-state index contributed by atoms with van der Waals surface area (Å²) in [4.78, 5) is 2.18. The minimum absolute atomic E-state index is 0.116. The third-order valence-electron chi connectivity index (χ3n) is 3.19. The molecule has 0 radical (unpaired) electrons. The van der Waals surface area contributed by atoms with Crippen molar-refractivity contribution in [2.24, 2.45) is 0 Å². The van der Waals surface area contributed by atoms with Crippen molar-refractivity contribution < 1.29 is 0 Å². The van der Waals surface area contributed by atoms with Gasteiger partial charge in [-0.15, -0.1) is 0 Å². The van der Waals surface area contributed by atoms with Crippen LogP contribution in [-0.4, -0.2) is 48.9 Å². The second kappa shape index (κ2) is 6.68. The molecule has 104 valence electrons. The third kappa shape index (κ3) is 4.07. The lowest BCUT2D eigenvalue weighted by Crippen LogP contribution is -2.29. The Bertz CT molecular complexity index is 371. The molecule has 18 heavy (non-hydrogen) atoms. The van der Waals surface area contributed by atoms with E-state index in [1.807, 2.05) is 13.2 Å². The molecule has 0 aliphatic rings. The zero-order valence-corrected chi connectivity index (χ0v) is 13.7. The summed E-state index contributed by atoms with van der Waals surface area (Å²) in [6.07, 6.45) is 3.00. The fourth-order valence-corrected chi connectivity index (χ4v) is 2.89. The maximum atomic E-state index is 4.48. The molecule has 0 bridgehead atoms. The van der Waals surface area contributed by atoms with Crippen LogP contribution in [0.4, 0.5) is 0 Å². The zero-order chi connectivity index (χ0) is 13.8. The lowest BCUT2D eigenvalue weighted by Gasteiger charge is -2.27. The summed E-state index contributed by atoms with van der Waals surface area (Å²) in [6, 6.07) is 0. The fourth-order valence-electron chi connectivity index (χ4n) is 2.06. The van der Waals surface area contributed by atoms with E-state index in [1.165, 1.54) is 5.69 Å². The van der Waals surface area contributed by atoms with Crippen molar-refractivity contribution >= 4 is 15.9 Å². The van der Waals surface area contributed by atoms with Crippen LogP contribution in [0.25, 0.3) is 0 Å². The van der Waals surface area contributed by atoms with Crippen molar-refractivity contribution in [1.29, 1.82) is 0 Å². The van der Waals surface area contributed by atoms with Gasteiger partial charge in [-0.1, -0.05) is 13.8 Å². The summed E-state index contributed by atoms with van der Waals surface area (Å²) in [7, 11) is 6.17. The van der Waals surface area contributed by atoms with Crippen LogP contribution in [0.2, 0.25) is 0 Å². The number of hydrogen-bond acceptors (Lipinski definition) is 3. The molecular formula is C13H25BrN4. The summed E-state index contributed by atoms with van der Waals surface area (Å²) < 4.78 is 3.24. The van der Waals surface area contributed by atoms with Gasteiger partial charge in [-0.25, -0.2) is 0 Å². The second-order valence-electron chi connectivity index (χ2n) is 5.60. The van der Waals surface area contributed by atoms with Crippen LogP contribution < -0.4 is 5.32 Å². The molecule has 0 saturated carbocycles. The minimum Gasteiger partial charge on any atom is -0.320 e. The van der Waals surface area contributed by atoms with Crippen LogP contribution >= 0.6 is 15.9 Å². The first-order chi connectivity index (χ1) is 8.38. The van der Waals surface area contributed by atoms with Gasteiger partial charge in [0.25, 0.3) is 0 Å². The summed E-state index contributed by atoms with van der Waals surface area (Å²) in [5, 5.41) is 7.71. The lowest BCUT2D eigenvalue weighted by molar-refractivity contribution is 0.351. The molecule has 1 rings (SSSR count). The molecule has 0 atom stereocenters. The molecule has 0 aromatic carbocycles. The third-order valence-corrected chi connectivity index (χ3v) is 3.78. The van der Waals surface area contributed by atoms with Crippen LogP contribution in [0.1, 0.15) is 26.0 Å². The van der Waals surface area contributed by atoms with Gasteiger partial charge in [0, 0.05) is 12.0 Å². The number of likely N-dealkylation sites (N-methyl/N-ethyl adjacent to an activating group) is 1. The Morgan fingerprint density at radius 3 is 2.67 bits per heavy atom. The molecule has 0 amide bonds. The van der Waals surface area contributed by atoms with E-state index in [9.17, 15) is 0 Å². The summed E-state index contributed by atoms with van der Waals surface area (Å²) in [5.41, 5.74) is 1.41. The Kier molecular flexibility index (Phi) is 5.82. The van der Waals surface area contributed by atoms with E-state index in [1.54, 1.807) is 0 Å². The molecule has 4 nitrogen and oxygen atoms in total. The Morgan fingerprint density at radius 2 is 2.11 bits per heavy atom. The van der Waals surface area contributed by atoms with E-state index in [0.29, 0.717) is 0 Å². The molecule has 0 unspecified atom stereocenters. The van der Waals surface area contributed by atoms with E-state index in [4.69, 9.17) is 0 Å². The first-order valence-corrected chi connectivity index (χ1v) is 7.19. The Morgan fingerprint density at radius 1 is 1.44 bits per heavy atom. The Labute approximate surface area is 119 Å². The highest BCUT2D eigenvalue weighted by atomic mass is 79.9. The van der Waals surface area contributed by atoms with Gasteiger partial charge in [0.2, 0.25) is 0 Å². The number of aromatic nitrogens is 2. The normalized spacial score (nSPS) is 12.4. The van der Waals surface area contributed by atoms with Crippen molar-refractivity contribution in [2.75, 3.05) is 34.2 Å². The summed E-state index contributed by atoms with van der Waals surface area (Å²) in [6.45, 7) is 7.50. The van der Waals surface area contributed by atoms with Crippen LogP contribution in [-0.2, 0) is 12.0 Å². The maximum Gasteiger partial charge on any atom is 0.0635 e. The molecular weight excluding hydrogens is 292 g/mol. The number of nitrogens with one attached hydrogen (secondary N) is 1. The molecule has 0 spiro atoms. The second-order valence-corrected chi connectivity index (χ2v) is 6.46. The molecule has 0 fully saturated rings. The minimum atomic E-state index is 0.116. The topological polar surface area (TPSA) is 33.1 Å². The van der Waals surface area contributed by atoms with E-state index in [2.05, 4.69) is 63.9 Å². The van der Waals surface area contributed by atoms with E-state index in [-0.39, 0.29) is 5.41 Å². The van der Waals surface area contributed by atoms with Crippen LogP contribution in [0.3, 0.4) is 0 Å². The molecule has 0 saturated heterocycles. The Hall–Kier alpha value is -0.390. The van der Waals surface area contributed by atoms with Gasteiger partial charge in [-0.2, -0.15) is 5.10 Å². The molecule has 1 heterocycles. The molecule has 1 aromatic rings. The predicted molar refractivity (Wildman–Crippen MR) is 80.1 cm³/mol. The summed E-state index contributed by atoms with van der Waals surface area (Å²) in [5.74, 6) is 0. The number of nitrogens with zero attached hydrogens (tertiary/aromatic N) is 3. The fraction of sp³-hybridized carbons (Fsp3) is 0.769. The number of rotatable bonds is 7. The standard InChI is InChI=1S/C13H25BrN4/c1-13(2,6-7-15-3)12-11(14)10-16-18(12)9-8-17(4)5/h10,15H,6-9H2,1-5H3. The first kappa shape index (κ1) is 15.7. The largest absolute Gasteiger partial charge is 0.320 e. The zero-order valence-electron chi connectivity index (χ0n) is 12.1. The monoisotopic (exact) mass is 316 g/mol.